The second-order valence-corrected chi connectivity index (χ2v) is 10.3. The lowest BCUT2D eigenvalue weighted by atomic mass is 9.92. The molecule has 1 atom stereocenters. The van der Waals surface area contributed by atoms with Gasteiger partial charge in [0.1, 0.15) is 5.75 Å². The number of benzene rings is 2. The van der Waals surface area contributed by atoms with E-state index in [4.69, 9.17) is 11.5 Å². The molecule has 0 aliphatic carbocycles. The summed E-state index contributed by atoms with van der Waals surface area (Å²) in [5.74, 6) is -0.545. The van der Waals surface area contributed by atoms with Crippen LogP contribution >= 0.6 is 0 Å². The molecule has 1 heterocycles. The normalized spacial score (nSPS) is 15.3. The first-order chi connectivity index (χ1) is 17.4. The summed E-state index contributed by atoms with van der Waals surface area (Å²) < 4.78 is 0. The van der Waals surface area contributed by atoms with Crippen LogP contribution < -0.4 is 22.1 Å². The molecule has 10 nitrogen and oxygen atoms in total. The fraction of sp³-hybridized carbons (Fsp3) is 0.444. The van der Waals surface area contributed by atoms with Crippen LogP contribution in [-0.4, -0.2) is 58.1 Å². The van der Waals surface area contributed by atoms with Gasteiger partial charge in [-0.2, -0.15) is 0 Å². The number of primary amides is 2. The Balaban J connectivity index is 1.55. The van der Waals surface area contributed by atoms with Gasteiger partial charge in [0.25, 0.3) is 0 Å². The number of hydrogen-bond donors (Lipinski definition) is 6. The van der Waals surface area contributed by atoms with Gasteiger partial charge in [-0.05, 0) is 61.9 Å². The van der Waals surface area contributed by atoms with Gasteiger partial charge in [-0.1, -0.05) is 30.3 Å². The van der Waals surface area contributed by atoms with E-state index in [0.29, 0.717) is 44.3 Å². The van der Waals surface area contributed by atoms with Crippen LogP contribution in [0, 0.1) is 5.92 Å². The van der Waals surface area contributed by atoms with Crippen molar-refractivity contribution in [2.75, 3.05) is 25.0 Å². The lowest BCUT2D eigenvalue weighted by molar-refractivity contribution is -0.134. The van der Waals surface area contributed by atoms with E-state index in [2.05, 4.69) is 10.6 Å². The Morgan fingerprint density at radius 3 is 2.41 bits per heavy atom. The molecule has 1 aliphatic rings. The highest BCUT2D eigenvalue weighted by molar-refractivity contribution is 5.89. The minimum absolute atomic E-state index is 0.0414. The number of phenolic OH excluding ortho intramolecular Hbond substituents is 1. The number of phenols is 1. The molecule has 37 heavy (non-hydrogen) atoms. The highest BCUT2D eigenvalue weighted by Crippen LogP contribution is 2.27. The number of amides is 4. The largest absolute Gasteiger partial charge is 0.506 e. The van der Waals surface area contributed by atoms with Gasteiger partial charge in [0.05, 0.1) is 18.2 Å². The minimum atomic E-state index is -0.879. The van der Waals surface area contributed by atoms with E-state index in [0.717, 1.165) is 11.1 Å². The Labute approximate surface area is 217 Å². The number of carbonyl (C=O) groups excluding carboxylic acids is 3. The molecule has 1 saturated heterocycles. The first-order valence-corrected chi connectivity index (χ1v) is 12.4. The predicted molar refractivity (Wildman–Crippen MR) is 141 cm³/mol. The minimum Gasteiger partial charge on any atom is -0.506 e. The standard InChI is InChI=1S/C27H37N5O5/c1-27(2,30-16-23(34)20-6-7-22(33)21(14-20)31-26(29)37)15-18-5-3-4-17(12-18)13-24(35)32-10-8-19(9-11-32)25(28)36/h3-7,12,14,19,23,30,33-34H,8-11,13,15-16H2,1-2H3,(H2,28,36)(H3,29,31,37)/t23-/m1/s1. The smallest absolute Gasteiger partial charge is 0.316 e. The van der Waals surface area contributed by atoms with Crippen molar-refractivity contribution in [2.45, 2.75) is 51.2 Å². The molecular weight excluding hydrogens is 474 g/mol. The van der Waals surface area contributed by atoms with Crippen molar-refractivity contribution in [2.24, 2.45) is 17.4 Å². The third-order valence-corrected chi connectivity index (χ3v) is 6.68. The van der Waals surface area contributed by atoms with Crippen molar-refractivity contribution in [1.82, 2.24) is 10.2 Å². The first-order valence-electron chi connectivity index (χ1n) is 12.4. The van der Waals surface area contributed by atoms with Gasteiger partial charge in [0.15, 0.2) is 0 Å². The molecular formula is C27H37N5O5. The van der Waals surface area contributed by atoms with E-state index in [9.17, 15) is 24.6 Å². The predicted octanol–water partition coefficient (Wildman–Crippen LogP) is 1.79. The Morgan fingerprint density at radius 1 is 1.08 bits per heavy atom. The van der Waals surface area contributed by atoms with Gasteiger partial charge in [-0.15, -0.1) is 0 Å². The number of nitrogens with zero attached hydrogens (tertiary/aromatic N) is 1. The number of nitrogens with two attached hydrogens (primary N) is 2. The fourth-order valence-corrected chi connectivity index (χ4v) is 4.61. The summed E-state index contributed by atoms with van der Waals surface area (Å²) in [7, 11) is 0. The number of piperidine rings is 1. The Morgan fingerprint density at radius 2 is 1.76 bits per heavy atom. The maximum absolute atomic E-state index is 12.8. The third kappa shape index (κ3) is 8.19. The molecule has 0 radical (unpaired) electrons. The van der Waals surface area contributed by atoms with Gasteiger partial charge >= 0.3 is 6.03 Å². The summed E-state index contributed by atoms with van der Waals surface area (Å²) in [6.45, 7) is 5.39. The van der Waals surface area contributed by atoms with Crippen LogP contribution in [-0.2, 0) is 22.4 Å². The average Bonchev–Trinajstić information content (AvgIpc) is 2.83. The molecule has 200 valence electrons. The summed E-state index contributed by atoms with van der Waals surface area (Å²) in [5.41, 5.74) is 12.8. The van der Waals surface area contributed by atoms with Crippen LogP contribution in [0.15, 0.2) is 42.5 Å². The van der Waals surface area contributed by atoms with Crippen LogP contribution in [0.25, 0.3) is 0 Å². The van der Waals surface area contributed by atoms with Crippen LogP contribution in [0.4, 0.5) is 10.5 Å². The van der Waals surface area contributed by atoms with Crippen molar-refractivity contribution in [3.05, 3.63) is 59.2 Å². The second-order valence-electron chi connectivity index (χ2n) is 10.3. The van der Waals surface area contributed by atoms with Crippen molar-refractivity contribution < 1.29 is 24.6 Å². The van der Waals surface area contributed by atoms with E-state index in [1.165, 1.54) is 12.1 Å². The number of nitrogens with one attached hydrogen (secondary N) is 2. The van der Waals surface area contributed by atoms with E-state index in [1.54, 1.807) is 11.0 Å². The average molecular weight is 512 g/mol. The number of β-amino-alcohol motifs (C(OH)–C–C–N with tert-alkyl or cyclic N) is 1. The monoisotopic (exact) mass is 511 g/mol. The van der Waals surface area contributed by atoms with Gasteiger partial charge in [-0.3, -0.25) is 9.59 Å². The van der Waals surface area contributed by atoms with Crippen molar-refractivity contribution in [3.8, 4) is 5.75 Å². The van der Waals surface area contributed by atoms with Crippen LogP contribution in [0.3, 0.4) is 0 Å². The maximum atomic E-state index is 12.8. The van der Waals surface area contributed by atoms with Crippen molar-refractivity contribution in [1.29, 1.82) is 0 Å². The summed E-state index contributed by atoms with van der Waals surface area (Å²) in [5, 5.41) is 26.2. The quantitative estimate of drug-likeness (QED) is 0.266. The molecule has 2 aromatic carbocycles. The molecule has 0 unspecified atom stereocenters. The van der Waals surface area contributed by atoms with Crippen LogP contribution in [0.5, 0.6) is 5.75 Å². The molecule has 2 aromatic rings. The van der Waals surface area contributed by atoms with Gasteiger partial charge < -0.3 is 37.2 Å². The summed E-state index contributed by atoms with van der Waals surface area (Å²) in [6.07, 6.45) is 1.30. The molecule has 0 spiro atoms. The van der Waals surface area contributed by atoms with E-state index in [1.807, 2.05) is 38.1 Å². The maximum Gasteiger partial charge on any atom is 0.316 e. The second kappa shape index (κ2) is 12.1. The lowest BCUT2D eigenvalue weighted by Crippen LogP contribution is -2.43. The number of anilines is 1. The number of aliphatic hydroxyl groups excluding tert-OH is 1. The number of urea groups is 1. The Kier molecular flexibility index (Phi) is 9.12. The van der Waals surface area contributed by atoms with Gasteiger partial charge in [0.2, 0.25) is 11.8 Å². The summed E-state index contributed by atoms with van der Waals surface area (Å²) in [4.78, 5) is 37.1. The van der Waals surface area contributed by atoms with Gasteiger partial charge in [-0.25, -0.2) is 4.79 Å². The molecule has 4 amide bonds. The zero-order valence-electron chi connectivity index (χ0n) is 21.4. The summed E-state index contributed by atoms with van der Waals surface area (Å²) in [6, 6.07) is 11.5. The fourth-order valence-electron chi connectivity index (χ4n) is 4.61. The van der Waals surface area contributed by atoms with E-state index in [-0.39, 0.29) is 41.3 Å². The van der Waals surface area contributed by atoms with Crippen LogP contribution in [0.2, 0.25) is 0 Å². The molecule has 8 N–H and O–H groups in total. The number of aliphatic hydroxyl groups is 1. The molecule has 0 aromatic heterocycles. The molecule has 1 aliphatic heterocycles. The molecule has 10 heteroatoms. The number of rotatable bonds is 10. The van der Waals surface area contributed by atoms with Gasteiger partial charge in [0, 0.05) is 31.1 Å². The molecule has 0 bridgehead atoms. The Hall–Kier alpha value is -3.63. The topological polar surface area (TPSA) is 171 Å². The number of carbonyl (C=O) groups is 3. The molecule has 1 fully saturated rings. The molecule has 3 rings (SSSR count). The number of hydrogen-bond acceptors (Lipinski definition) is 6. The van der Waals surface area contributed by atoms with Crippen LogP contribution in [0.1, 0.15) is 49.5 Å². The zero-order chi connectivity index (χ0) is 27.2. The van der Waals surface area contributed by atoms with Crippen molar-refractivity contribution in [3.63, 3.8) is 0 Å². The first kappa shape index (κ1) is 27.9. The summed E-state index contributed by atoms with van der Waals surface area (Å²) >= 11 is 0. The highest BCUT2D eigenvalue weighted by atomic mass is 16.3. The lowest BCUT2D eigenvalue weighted by Gasteiger charge is -2.31. The molecule has 0 saturated carbocycles. The van der Waals surface area contributed by atoms with E-state index >= 15 is 0 Å². The highest BCUT2D eigenvalue weighted by Gasteiger charge is 2.26. The third-order valence-electron chi connectivity index (χ3n) is 6.68. The SMILES string of the molecule is CC(C)(Cc1cccc(CC(=O)N2CCC(C(N)=O)CC2)c1)NC[C@@H](O)c1ccc(O)c(NC(N)=O)c1. The zero-order valence-corrected chi connectivity index (χ0v) is 21.4. The number of likely N-dealkylation sites (tertiary alicyclic amines) is 1. The van der Waals surface area contributed by atoms with E-state index < -0.39 is 12.1 Å². The Bertz CT molecular complexity index is 1130. The number of aromatic hydroxyl groups is 1. The van der Waals surface area contributed by atoms with Crippen molar-refractivity contribution >= 4 is 23.5 Å².